The van der Waals surface area contributed by atoms with Crippen molar-refractivity contribution in [3.05, 3.63) is 98.7 Å². The monoisotopic (exact) mass is 475 g/mol. The van der Waals surface area contributed by atoms with Crippen LogP contribution in [-0.2, 0) is 0 Å². The third-order valence-corrected chi connectivity index (χ3v) is 5.07. The van der Waals surface area contributed by atoms with E-state index in [1.165, 1.54) is 12.1 Å². The Labute approximate surface area is 168 Å². The molecule has 0 heterocycles. The van der Waals surface area contributed by atoms with Crippen molar-refractivity contribution < 1.29 is 9.18 Å². The molecule has 26 heavy (non-hydrogen) atoms. The predicted molar refractivity (Wildman–Crippen MR) is 110 cm³/mol. The van der Waals surface area contributed by atoms with Crippen LogP contribution < -0.4 is 5.32 Å². The van der Waals surface area contributed by atoms with Crippen LogP contribution in [0.25, 0.3) is 0 Å². The summed E-state index contributed by atoms with van der Waals surface area (Å²) in [5, 5.41) is 3.38. The maximum Gasteiger partial charge on any atom is 0.165 e. The number of carbonyl (C=O) groups excluding carboxylic acids is 1. The zero-order valence-electron chi connectivity index (χ0n) is 13.8. The van der Waals surface area contributed by atoms with Gasteiger partial charge >= 0.3 is 0 Å². The zero-order chi connectivity index (χ0) is 18.5. The van der Waals surface area contributed by atoms with Gasteiger partial charge in [0.15, 0.2) is 5.78 Å². The number of anilines is 1. The molecule has 3 aromatic rings. The minimum Gasteiger partial charge on any atom is -0.378 e. The highest BCUT2D eigenvalue weighted by Gasteiger charge is 2.17. The predicted octanol–water partition coefficient (Wildman–Crippen LogP) is 6.78. The van der Waals surface area contributed by atoms with E-state index >= 15 is 0 Å². The van der Waals surface area contributed by atoms with Gasteiger partial charge in [-0.1, -0.05) is 56.1 Å². The van der Waals surface area contributed by atoms with Crippen LogP contribution in [-0.4, -0.2) is 5.78 Å². The number of hydrogen-bond donors (Lipinski definition) is 1. The van der Waals surface area contributed by atoms with Crippen LogP contribution in [0.3, 0.4) is 0 Å². The summed E-state index contributed by atoms with van der Waals surface area (Å²) in [6.07, 6.45) is 0.267. The largest absolute Gasteiger partial charge is 0.378 e. The van der Waals surface area contributed by atoms with Crippen molar-refractivity contribution >= 4 is 43.3 Å². The summed E-state index contributed by atoms with van der Waals surface area (Å²) < 4.78 is 15.2. The number of halogens is 3. The van der Waals surface area contributed by atoms with E-state index in [2.05, 4.69) is 37.2 Å². The molecule has 0 unspecified atom stereocenters. The zero-order valence-corrected chi connectivity index (χ0v) is 16.9. The van der Waals surface area contributed by atoms with Gasteiger partial charge in [0.05, 0.1) is 6.04 Å². The lowest BCUT2D eigenvalue weighted by Crippen LogP contribution is -2.16. The Hall–Kier alpha value is -1.98. The average Bonchev–Trinajstić information content (AvgIpc) is 2.64. The second-order valence-corrected chi connectivity index (χ2v) is 7.72. The number of hydrogen-bond acceptors (Lipinski definition) is 2. The van der Waals surface area contributed by atoms with Crippen molar-refractivity contribution in [3.63, 3.8) is 0 Å². The van der Waals surface area contributed by atoms with E-state index < -0.39 is 0 Å². The van der Waals surface area contributed by atoms with E-state index in [0.717, 1.165) is 20.2 Å². The van der Waals surface area contributed by atoms with Crippen molar-refractivity contribution in [1.29, 1.82) is 0 Å². The first-order chi connectivity index (χ1) is 12.5. The Bertz CT molecular complexity index is 877. The second kappa shape index (κ2) is 8.60. The van der Waals surface area contributed by atoms with Gasteiger partial charge in [-0.25, -0.2) is 4.39 Å². The van der Waals surface area contributed by atoms with Crippen LogP contribution in [0.1, 0.15) is 28.4 Å². The fourth-order valence-corrected chi connectivity index (χ4v) is 3.16. The van der Waals surface area contributed by atoms with Crippen molar-refractivity contribution in [2.45, 2.75) is 12.5 Å². The summed E-state index contributed by atoms with van der Waals surface area (Å²) in [6.45, 7) is 0. The maximum absolute atomic E-state index is 13.3. The Kier molecular flexibility index (Phi) is 6.22. The molecule has 1 N–H and O–H groups in total. The first-order valence-corrected chi connectivity index (χ1v) is 9.66. The second-order valence-electron chi connectivity index (χ2n) is 5.89. The summed E-state index contributed by atoms with van der Waals surface area (Å²) in [4.78, 5) is 12.7. The van der Waals surface area contributed by atoms with Gasteiger partial charge < -0.3 is 5.32 Å². The lowest BCUT2D eigenvalue weighted by Gasteiger charge is -2.20. The summed E-state index contributed by atoms with van der Waals surface area (Å²) >= 11 is 6.79. The molecule has 0 bridgehead atoms. The fraction of sp³-hybridized carbons (Fsp3) is 0.0952. The van der Waals surface area contributed by atoms with Gasteiger partial charge in [0.25, 0.3) is 0 Å². The standard InChI is InChI=1S/C21H16Br2FNO/c22-16-5-1-15(2-6-16)21(26)13-20(14-3-9-18(24)10-4-14)25-19-11-7-17(23)8-12-19/h1-12,20,25H,13H2/t20-/m1/s1. The minimum atomic E-state index is -0.296. The summed E-state index contributed by atoms with van der Waals surface area (Å²) in [5.41, 5.74) is 2.41. The molecule has 1 atom stereocenters. The lowest BCUT2D eigenvalue weighted by molar-refractivity contribution is 0.0976. The number of benzene rings is 3. The molecule has 0 radical (unpaired) electrons. The average molecular weight is 477 g/mol. The van der Waals surface area contributed by atoms with Crippen molar-refractivity contribution in [3.8, 4) is 0 Å². The smallest absolute Gasteiger partial charge is 0.165 e. The van der Waals surface area contributed by atoms with Crippen molar-refractivity contribution in [2.75, 3.05) is 5.32 Å². The van der Waals surface area contributed by atoms with E-state index in [1.54, 1.807) is 24.3 Å². The Balaban J connectivity index is 1.84. The number of ketones is 1. The summed E-state index contributed by atoms with van der Waals surface area (Å²) in [7, 11) is 0. The van der Waals surface area contributed by atoms with E-state index in [4.69, 9.17) is 0 Å². The first-order valence-electron chi connectivity index (χ1n) is 8.07. The van der Waals surface area contributed by atoms with Crippen LogP contribution in [0, 0.1) is 5.82 Å². The van der Waals surface area contributed by atoms with Crippen molar-refractivity contribution in [1.82, 2.24) is 0 Å². The molecule has 0 fully saturated rings. The maximum atomic E-state index is 13.3. The number of rotatable bonds is 6. The van der Waals surface area contributed by atoms with E-state index in [1.807, 2.05) is 36.4 Å². The van der Waals surface area contributed by atoms with Gasteiger partial charge in [-0.05, 0) is 54.1 Å². The number of carbonyl (C=O) groups is 1. The van der Waals surface area contributed by atoms with Crippen LogP contribution >= 0.6 is 31.9 Å². The van der Waals surface area contributed by atoms with Gasteiger partial charge in [-0.15, -0.1) is 0 Å². The number of Topliss-reactive ketones (excluding diaryl/α,β-unsaturated/α-hetero) is 1. The van der Waals surface area contributed by atoms with Crippen molar-refractivity contribution in [2.24, 2.45) is 0 Å². The third kappa shape index (κ3) is 5.02. The van der Waals surface area contributed by atoms with Crippen LogP contribution in [0.4, 0.5) is 10.1 Å². The molecular weight excluding hydrogens is 461 g/mol. The normalized spacial score (nSPS) is 11.8. The van der Waals surface area contributed by atoms with E-state index in [-0.39, 0.29) is 24.1 Å². The van der Waals surface area contributed by atoms with E-state index in [9.17, 15) is 9.18 Å². The van der Waals surface area contributed by atoms with Gasteiger partial charge in [0.2, 0.25) is 0 Å². The van der Waals surface area contributed by atoms with Gasteiger partial charge in [-0.2, -0.15) is 0 Å². The minimum absolute atomic E-state index is 0.0245. The molecular formula is C21H16Br2FNO. The topological polar surface area (TPSA) is 29.1 Å². The molecule has 0 aromatic heterocycles. The van der Waals surface area contributed by atoms with Crippen LogP contribution in [0.5, 0.6) is 0 Å². The number of nitrogens with one attached hydrogen (secondary N) is 1. The molecule has 0 spiro atoms. The molecule has 3 aromatic carbocycles. The molecule has 0 aliphatic rings. The molecule has 0 aliphatic carbocycles. The lowest BCUT2D eigenvalue weighted by atomic mass is 9.97. The highest BCUT2D eigenvalue weighted by molar-refractivity contribution is 9.10. The molecule has 2 nitrogen and oxygen atoms in total. The van der Waals surface area contributed by atoms with Gasteiger partial charge in [0.1, 0.15) is 5.82 Å². The molecule has 3 rings (SSSR count). The molecule has 0 aliphatic heterocycles. The third-order valence-electron chi connectivity index (χ3n) is 4.01. The fourth-order valence-electron chi connectivity index (χ4n) is 2.63. The van der Waals surface area contributed by atoms with Crippen LogP contribution in [0.2, 0.25) is 0 Å². The Morgan fingerprint density at radius 1 is 0.846 bits per heavy atom. The molecule has 0 saturated heterocycles. The molecule has 0 saturated carbocycles. The van der Waals surface area contributed by atoms with E-state index in [0.29, 0.717) is 5.56 Å². The Morgan fingerprint density at radius 2 is 1.38 bits per heavy atom. The first kappa shape index (κ1) is 18.8. The summed E-state index contributed by atoms with van der Waals surface area (Å²) in [6, 6.07) is 21.0. The quantitative estimate of drug-likeness (QED) is 0.397. The SMILES string of the molecule is O=C(C[C@@H](Nc1ccc(Br)cc1)c1ccc(F)cc1)c1ccc(Br)cc1. The van der Waals surface area contributed by atoms with Gasteiger partial charge in [-0.3, -0.25) is 4.79 Å². The highest BCUT2D eigenvalue weighted by Crippen LogP contribution is 2.26. The van der Waals surface area contributed by atoms with Crippen LogP contribution in [0.15, 0.2) is 81.7 Å². The molecule has 0 amide bonds. The van der Waals surface area contributed by atoms with Gasteiger partial charge in [0, 0.05) is 26.6 Å². The molecule has 132 valence electrons. The summed E-state index contributed by atoms with van der Waals surface area (Å²) in [5.74, 6) is -0.271. The Morgan fingerprint density at radius 3 is 1.96 bits per heavy atom. The highest BCUT2D eigenvalue weighted by atomic mass is 79.9. The molecule has 5 heteroatoms.